The normalized spacial score (nSPS) is 10.9. The predicted molar refractivity (Wildman–Crippen MR) is 105 cm³/mol. The van der Waals surface area contributed by atoms with E-state index in [2.05, 4.69) is 10.3 Å². The van der Waals surface area contributed by atoms with E-state index in [9.17, 15) is 9.59 Å². The van der Waals surface area contributed by atoms with Crippen LogP contribution in [0.1, 0.15) is 52.0 Å². The maximum atomic E-state index is 12.6. The molecule has 0 unspecified atom stereocenters. The van der Waals surface area contributed by atoms with Crippen LogP contribution in [0.25, 0.3) is 0 Å². The molecule has 1 heterocycles. The molecule has 0 saturated heterocycles. The average molecular weight is 372 g/mol. The number of nitrogens with two attached hydrogens (primary N) is 1. The molecule has 0 aliphatic heterocycles. The van der Waals surface area contributed by atoms with Gasteiger partial charge in [-0.05, 0) is 45.4 Å². The molecular formula is C19H28N6O2. The second kappa shape index (κ2) is 8.20. The SMILES string of the molecule is Cc1ccc(C(=O)N(C)CCN(C)C(=O)c2nnn(C(C)C)c2C)cc1N. The van der Waals surface area contributed by atoms with Crippen molar-refractivity contribution in [2.24, 2.45) is 0 Å². The summed E-state index contributed by atoms with van der Waals surface area (Å²) < 4.78 is 1.72. The lowest BCUT2D eigenvalue weighted by Gasteiger charge is -2.22. The summed E-state index contributed by atoms with van der Waals surface area (Å²) in [5.74, 6) is -0.343. The fourth-order valence-corrected chi connectivity index (χ4v) is 2.71. The first-order chi connectivity index (χ1) is 12.6. The summed E-state index contributed by atoms with van der Waals surface area (Å²) in [6.45, 7) is 8.47. The molecule has 8 nitrogen and oxygen atoms in total. The van der Waals surface area contributed by atoms with Crippen molar-refractivity contribution < 1.29 is 9.59 Å². The van der Waals surface area contributed by atoms with Crippen molar-refractivity contribution >= 4 is 17.5 Å². The summed E-state index contributed by atoms with van der Waals surface area (Å²) in [6.07, 6.45) is 0. The Balaban J connectivity index is 1.99. The maximum Gasteiger partial charge on any atom is 0.276 e. The van der Waals surface area contributed by atoms with E-state index >= 15 is 0 Å². The molecule has 27 heavy (non-hydrogen) atoms. The number of carbonyl (C=O) groups is 2. The van der Waals surface area contributed by atoms with E-state index in [1.54, 1.807) is 40.7 Å². The van der Waals surface area contributed by atoms with Crippen LogP contribution in [0.15, 0.2) is 18.2 Å². The molecule has 1 aromatic heterocycles. The fourth-order valence-electron chi connectivity index (χ4n) is 2.71. The summed E-state index contributed by atoms with van der Waals surface area (Å²) in [6, 6.07) is 5.39. The van der Waals surface area contributed by atoms with E-state index in [0.717, 1.165) is 11.3 Å². The Hall–Kier alpha value is -2.90. The first-order valence-corrected chi connectivity index (χ1v) is 8.92. The zero-order chi connectivity index (χ0) is 20.3. The maximum absolute atomic E-state index is 12.6. The van der Waals surface area contributed by atoms with Crippen LogP contribution in [0.4, 0.5) is 5.69 Å². The Morgan fingerprint density at radius 3 is 2.22 bits per heavy atom. The lowest BCUT2D eigenvalue weighted by molar-refractivity contribution is 0.0715. The van der Waals surface area contributed by atoms with Crippen LogP contribution in [0.3, 0.4) is 0 Å². The van der Waals surface area contributed by atoms with E-state index in [4.69, 9.17) is 5.73 Å². The van der Waals surface area contributed by atoms with E-state index < -0.39 is 0 Å². The molecule has 2 N–H and O–H groups in total. The first kappa shape index (κ1) is 20.4. The molecule has 0 aliphatic rings. The molecule has 8 heteroatoms. The van der Waals surface area contributed by atoms with Gasteiger partial charge in [-0.15, -0.1) is 5.10 Å². The van der Waals surface area contributed by atoms with Crippen molar-refractivity contribution in [1.29, 1.82) is 0 Å². The number of hydrogen-bond acceptors (Lipinski definition) is 5. The number of likely N-dealkylation sites (N-methyl/N-ethyl adjacent to an activating group) is 2. The van der Waals surface area contributed by atoms with Gasteiger partial charge in [-0.3, -0.25) is 9.59 Å². The Kier molecular flexibility index (Phi) is 6.20. The van der Waals surface area contributed by atoms with E-state index in [0.29, 0.717) is 30.0 Å². The Bertz CT molecular complexity index is 843. The number of anilines is 1. The average Bonchev–Trinajstić information content (AvgIpc) is 3.02. The smallest absolute Gasteiger partial charge is 0.276 e. The second-order valence-electron chi connectivity index (χ2n) is 7.09. The number of aromatic nitrogens is 3. The third-order valence-corrected chi connectivity index (χ3v) is 4.61. The van der Waals surface area contributed by atoms with Gasteiger partial charge in [0.2, 0.25) is 0 Å². The summed E-state index contributed by atoms with van der Waals surface area (Å²) in [5, 5.41) is 8.05. The second-order valence-corrected chi connectivity index (χ2v) is 7.09. The first-order valence-electron chi connectivity index (χ1n) is 8.92. The number of hydrogen-bond donors (Lipinski definition) is 1. The largest absolute Gasteiger partial charge is 0.398 e. The molecule has 0 atom stereocenters. The van der Waals surface area contributed by atoms with Gasteiger partial charge in [0.15, 0.2) is 5.69 Å². The minimum atomic E-state index is -0.208. The molecule has 2 rings (SSSR count). The number of nitrogen functional groups attached to an aromatic ring is 1. The third-order valence-electron chi connectivity index (χ3n) is 4.61. The molecule has 0 radical (unpaired) electrons. The quantitative estimate of drug-likeness (QED) is 0.781. The monoisotopic (exact) mass is 372 g/mol. The number of amides is 2. The van der Waals surface area contributed by atoms with Gasteiger partial charge in [0.1, 0.15) is 0 Å². The van der Waals surface area contributed by atoms with Crippen LogP contribution < -0.4 is 5.73 Å². The van der Waals surface area contributed by atoms with Crippen LogP contribution in [0.5, 0.6) is 0 Å². The topological polar surface area (TPSA) is 97.4 Å². The van der Waals surface area contributed by atoms with Crippen LogP contribution in [-0.4, -0.2) is 63.8 Å². The van der Waals surface area contributed by atoms with Gasteiger partial charge in [0.05, 0.1) is 5.69 Å². The summed E-state index contributed by atoms with van der Waals surface area (Å²) in [5.41, 5.74) is 9.02. The van der Waals surface area contributed by atoms with Gasteiger partial charge in [0, 0.05) is 44.5 Å². The highest BCUT2D eigenvalue weighted by Crippen LogP contribution is 2.15. The molecular weight excluding hydrogens is 344 g/mol. The molecule has 146 valence electrons. The van der Waals surface area contributed by atoms with Crippen LogP contribution >= 0.6 is 0 Å². The van der Waals surface area contributed by atoms with Crippen molar-refractivity contribution in [2.45, 2.75) is 33.7 Å². The van der Waals surface area contributed by atoms with Gasteiger partial charge in [0.25, 0.3) is 11.8 Å². The van der Waals surface area contributed by atoms with Crippen molar-refractivity contribution in [3.8, 4) is 0 Å². The number of carbonyl (C=O) groups excluding carboxylic acids is 2. The highest BCUT2D eigenvalue weighted by Gasteiger charge is 2.22. The Labute approximate surface area is 159 Å². The third kappa shape index (κ3) is 4.45. The Morgan fingerprint density at radius 1 is 1.11 bits per heavy atom. The van der Waals surface area contributed by atoms with E-state index in [1.807, 2.05) is 33.8 Å². The molecule has 0 bridgehead atoms. The Morgan fingerprint density at radius 2 is 1.70 bits per heavy atom. The molecule has 0 spiro atoms. The number of benzene rings is 1. The van der Waals surface area contributed by atoms with Crippen LogP contribution in [0.2, 0.25) is 0 Å². The number of rotatable bonds is 6. The minimum Gasteiger partial charge on any atom is -0.398 e. The van der Waals surface area contributed by atoms with Crippen molar-refractivity contribution in [3.05, 3.63) is 40.7 Å². The van der Waals surface area contributed by atoms with Gasteiger partial charge in [-0.2, -0.15) is 0 Å². The minimum absolute atomic E-state index is 0.134. The predicted octanol–water partition coefficient (Wildman–Crippen LogP) is 1.90. The number of aryl methyl sites for hydroxylation is 1. The fraction of sp³-hybridized carbons (Fsp3) is 0.474. The summed E-state index contributed by atoms with van der Waals surface area (Å²) >= 11 is 0. The molecule has 0 aliphatic carbocycles. The molecule has 1 aromatic carbocycles. The summed E-state index contributed by atoms with van der Waals surface area (Å²) in [7, 11) is 3.40. The molecule has 2 aromatic rings. The van der Waals surface area contributed by atoms with Gasteiger partial charge in [-0.25, -0.2) is 4.68 Å². The molecule has 0 saturated carbocycles. The molecule has 0 fully saturated rings. The van der Waals surface area contributed by atoms with Crippen LogP contribution in [0, 0.1) is 13.8 Å². The van der Waals surface area contributed by atoms with Crippen molar-refractivity contribution in [3.63, 3.8) is 0 Å². The highest BCUT2D eigenvalue weighted by molar-refractivity contribution is 5.95. The standard InChI is InChI=1S/C19H28N6O2/c1-12(2)25-14(4)17(21-22-25)19(27)24(6)10-9-23(5)18(26)15-8-7-13(3)16(20)11-15/h7-8,11-12H,9-10,20H2,1-6H3. The summed E-state index contributed by atoms with van der Waals surface area (Å²) in [4.78, 5) is 28.3. The van der Waals surface area contributed by atoms with Gasteiger partial charge in [-0.1, -0.05) is 11.3 Å². The molecule has 2 amide bonds. The zero-order valence-electron chi connectivity index (χ0n) is 16.9. The van der Waals surface area contributed by atoms with E-state index in [1.165, 1.54) is 0 Å². The van der Waals surface area contributed by atoms with Crippen molar-refractivity contribution in [1.82, 2.24) is 24.8 Å². The van der Waals surface area contributed by atoms with E-state index in [-0.39, 0.29) is 17.9 Å². The lowest BCUT2D eigenvalue weighted by atomic mass is 10.1. The van der Waals surface area contributed by atoms with Crippen LogP contribution in [-0.2, 0) is 0 Å². The highest BCUT2D eigenvalue weighted by atomic mass is 16.2. The van der Waals surface area contributed by atoms with Crippen molar-refractivity contribution in [2.75, 3.05) is 32.9 Å². The number of nitrogens with zero attached hydrogens (tertiary/aromatic N) is 5. The van der Waals surface area contributed by atoms with Gasteiger partial charge >= 0.3 is 0 Å². The zero-order valence-corrected chi connectivity index (χ0v) is 16.9. The van der Waals surface area contributed by atoms with Gasteiger partial charge < -0.3 is 15.5 Å². The lowest BCUT2D eigenvalue weighted by Crippen LogP contribution is -2.37.